The Bertz CT molecular complexity index is 3960. The van der Waals surface area contributed by atoms with Crippen LogP contribution in [0.25, 0.3) is 105 Å². The van der Waals surface area contributed by atoms with Gasteiger partial charge in [-0.25, -0.2) is 0 Å². The Morgan fingerprint density at radius 2 is 0.783 bits per heavy atom. The fourth-order valence-corrected chi connectivity index (χ4v) is 10.4. The summed E-state index contributed by atoms with van der Waals surface area (Å²) in [4.78, 5) is 2.43. The van der Waals surface area contributed by atoms with Gasteiger partial charge >= 0.3 is 0 Å². The van der Waals surface area contributed by atoms with Gasteiger partial charge in [0, 0.05) is 49.5 Å². The number of nitrogens with zero attached hydrogens (tertiary/aromatic N) is 2. The Morgan fingerprint density at radius 3 is 1.49 bits per heavy atom. The molecule has 0 radical (unpaired) electrons. The third-order valence-electron chi connectivity index (χ3n) is 13.6. The highest BCUT2D eigenvalue weighted by molar-refractivity contribution is 6.12. The molecule has 3 nitrogen and oxygen atoms in total. The van der Waals surface area contributed by atoms with Crippen LogP contribution in [0.1, 0.15) is 0 Å². The quantitative estimate of drug-likeness (QED) is 0.144. The van der Waals surface area contributed by atoms with E-state index in [0.717, 1.165) is 78.1 Å². The van der Waals surface area contributed by atoms with Crippen molar-refractivity contribution in [2.24, 2.45) is 0 Å². The van der Waals surface area contributed by atoms with Gasteiger partial charge in [0.25, 0.3) is 0 Å². The zero-order valence-corrected chi connectivity index (χ0v) is 37.7. The second-order valence-corrected chi connectivity index (χ2v) is 17.6. The summed E-state index contributed by atoms with van der Waals surface area (Å²) in [5.74, 6) is 0. The van der Waals surface area contributed by atoms with E-state index in [2.05, 4.69) is 270 Å². The van der Waals surface area contributed by atoms with Gasteiger partial charge in [0.1, 0.15) is 11.2 Å². The molecule has 13 aromatic rings. The first kappa shape index (κ1) is 40.1. The smallest absolute Gasteiger partial charge is 0.143 e. The van der Waals surface area contributed by atoms with E-state index in [1.807, 2.05) is 6.07 Å². The molecule has 0 saturated heterocycles. The van der Waals surface area contributed by atoms with E-state index in [4.69, 9.17) is 4.42 Å². The Kier molecular flexibility index (Phi) is 9.84. The molecule has 13 rings (SSSR count). The van der Waals surface area contributed by atoms with Crippen molar-refractivity contribution in [1.29, 1.82) is 0 Å². The highest BCUT2D eigenvalue weighted by Crippen LogP contribution is 2.48. The SMILES string of the molecule is c1ccc(-c2cccc(-c3ccccc3N(c3ccc(-c4ccc(-c5ccccc5)cc4-n4c5ccccc5c5ccccc54)cc3)c3ccccc3-c3cccc4c3oc3ccccc34)c2)cc1. The van der Waals surface area contributed by atoms with Crippen molar-refractivity contribution < 1.29 is 4.42 Å². The Hall–Kier alpha value is -9.18. The van der Waals surface area contributed by atoms with E-state index in [1.54, 1.807) is 0 Å². The number of hydrogen-bond acceptors (Lipinski definition) is 2. The van der Waals surface area contributed by atoms with Crippen molar-refractivity contribution >= 4 is 60.8 Å². The summed E-state index contributed by atoms with van der Waals surface area (Å²) in [5.41, 5.74) is 19.8. The van der Waals surface area contributed by atoms with Crippen LogP contribution in [0.4, 0.5) is 17.1 Å². The number of fused-ring (bicyclic) bond motifs is 6. The minimum atomic E-state index is 0.877. The highest BCUT2D eigenvalue weighted by atomic mass is 16.3. The first-order chi connectivity index (χ1) is 34.2. The lowest BCUT2D eigenvalue weighted by Crippen LogP contribution is -2.12. The molecule has 0 spiro atoms. The molecule has 324 valence electrons. The van der Waals surface area contributed by atoms with Gasteiger partial charge in [-0.15, -0.1) is 0 Å². The molecule has 0 saturated carbocycles. The third kappa shape index (κ3) is 6.99. The molecule has 0 aliphatic heterocycles. The number of rotatable bonds is 9. The summed E-state index contributed by atoms with van der Waals surface area (Å²) < 4.78 is 9.15. The molecule has 0 aliphatic carbocycles. The van der Waals surface area contributed by atoms with Crippen LogP contribution in [0.2, 0.25) is 0 Å². The zero-order valence-electron chi connectivity index (χ0n) is 37.7. The van der Waals surface area contributed by atoms with E-state index < -0.39 is 0 Å². The predicted octanol–water partition coefficient (Wildman–Crippen LogP) is 18.5. The second kappa shape index (κ2) is 16.9. The Morgan fingerprint density at radius 1 is 0.290 bits per heavy atom. The first-order valence-corrected chi connectivity index (χ1v) is 23.6. The van der Waals surface area contributed by atoms with E-state index in [0.29, 0.717) is 0 Å². The molecule has 69 heavy (non-hydrogen) atoms. The molecule has 0 amide bonds. The summed E-state index contributed by atoms with van der Waals surface area (Å²) in [7, 11) is 0. The zero-order chi connectivity index (χ0) is 45.7. The van der Waals surface area contributed by atoms with Crippen LogP contribution in [0.5, 0.6) is 0 Å². The van der Waals surface area contributed by atoms with Gasteiger partial charge in [-0.2, -0.15) is 0 Å². The van der Waals surface area contributed by atoms with Gasteiger partial charge < -0.3 is 13.9 Å². The Balaban J connectivity index is 1.01. The predicted molar refractivity (Wildman–Crippen MR) is 290 cm³/mol. The summed E-state index contributed by atoms with van der Waals surface area (Å²) >= 11 is 0. The van der Waals surface area contributed by atoms with Crippen LogP contribution in [0.3, 0.4) is 0 Å². The number of hydrogen-bond donors (Lipinski definition) is 0. The lowest BCUT2D eigenvalue weighted by atomic mass is 9.95. The molecular formula is C66H44N2O. The van der Waals surface area contributed by atoms with Gasteiger partial charge in [0.05, 0.1) is 28.1 Å². The average molecular weight is 881 g/mol. The molecule has 0 fully saturated rings. The van der Waals surface area contributed by atoms with Crippen LogP contribution in [-0.4, -0.2) is 4.57 Å². The number of para-hydroxylation sites is 6. The van der Waals surface area contributed by atoms with E-state index in [9.17, 15) is 0 Å². The van der Waals surface area contributed by atoms with Crippen molar-refractivity contribution in [2.75, 3.05) is 4.90 Å². The molecule has 0 bridgehead atoms. The van der Waals surface area contributed by atoms with Crippen LogP contribution < -0.4 is 4.90 Å². The van der Waals surface area contributed by atoms with Gasteiger partial charge in [-0.3, -0.25) is 0 Å². The van der Waals surface area contributed by atoms with E-state index >= 15 is 0 Å². The second-order valence-electron chi connectivity index (χ2n) is 17.6. The van der Waals surface area contributed by atoms with Crippen molar-refractivity contribution in [3.63, 3.8) is 0 Å². The maximum atomic E-state index is 6.71. The fourth-order valence-electron chi connectivity index (χ4n) is 10.4. The van der Waals surface area contributed by atoms with Crippen LogP contribution in [0, 0.1) is 0 Å². The number of benzene rings is 11. The van der Waals surface area contributed by atoms with E-state index in [1.165, 1.54) is 44.1 Å². The number of furan rings is 1. The van der Waals surface area contributed by atoms with Gasteiger partial charge in [-0.05, 0) is 88.0 Å². The van der Waals surface area contributed by atoms with Crippen molar-refractivity contribution in [2.45, 2.75) is 0 Å². The standard InChI is InChI=1S/C66H44N2O/c1-3-19-45(20-4-1)48-23-17-24-50(43-48)52-25-7-12-32-60(52)67(61-33-13-10-28-56(61)58-30-18-31-59-57-29-11-16-36-65(57)69-66(58)59)51-40-37-47(38-41-51)53-42-39-49(46-21-5-2-6-22-46)44-64(53)68-62-34-14-8-26-54(62)55-27-9-15-35-63(55)68/h1-44H. The molecule has 11 aromatic carbocycles. The lowest BCUT2D eigenvalue weighted by molar-refractivity contribution is 0.670. The van der Waals surface area contributed by atoms with Crippen LogP contribution >= 0.6 is 0 Å². The first-order valence-electron chi connectivity index (χ1n) is 23.6. The van der Waals surface area contributed by atoms with Crippen molar-refractivity contribution in [1.82, 2.24) is 4.57 Å². The molecule has 2 aromatic heterocycles. The van der Waals surface area contributed by atoms with Gasteiger partial charge in [0.2, 0.25) is 0 Å². The summed E-state index contributed by atoms with van der Waals surface area (Å²) in [5, 5.41) is 4.68. The molecule has 2 heterocycles. The number of anilines is 3. The number of aromatic nitrogens is 1. The largest absolute Gasteiger partial charge is 0.455 e. The van der Waals surface area contributed by atoms with Crippen molar-refractivity contribution in [3.05, 3.63) is 267 Å². The molecule has 3 heteroatoms. The highest BCUT2D eigenvalue weighted by Gasteiger charge is 2.24. The molecule has 0 N–H and O–H groups in total. The maximum absolute atomic E-state index is 6.71. The minimum absolute atomic E-state index is 0.877. The molecular weight excluding hydrogens is 837 g/mol. The maximum Gasteiger partial charge on any atom is 0.143 e. The third-order valence-corrected chi connectivity index (χ3v) is 13.6. The Labute approximate surface area is 401 Å². The normalized spacial score (nSPS) is 11.5. The summed E-state index contributed by atoms with van der Waals surface area (Å²) in [6.45, 7) is 0. The fraction of sp³-hybridized carbons (Fsp3) is 0. The molecule has 0 aliphatic rings. The van der Waals surface area contributed by atoms with Gasteiger partial charge in [-0.1, -0.05) is 212 Å². The van der Waals surface area contributed by atoms with E-state index in [-0.39, 0.29) is 0 Å². The lowest BCUT2D eigenvalue weighted by Gasteiger charge is -2.30. The van der Waals surface area contributed by atoms with Gasteiger partial charge in [0.15, 0.2) is 0 Å². The summed E-state index contributed by atoms with van der Waals surface area (Å²) in [6.07, 6.45) is 0. The average Bonchev–Trinajstić information content (AvgIpc) is 3.98. The monoisotopic (exact) mass is 880 g/mol. The molecule has 0 atom stereocenters. The minimum Gasteiger partial charge on any atom is -0.455 e. The molecule has 0 unspecified atom stereocenters. The topological polar surface area (TPSA) is 21.3 Å². The van der Waals surface area contributed by atoms with Crippen LogP contribution in [-0.2, 0) is 0 Å². The van der Waals surface area contributed by atoms with Crippen molar-refractivity contribution in [3.8, 4) is 61.3 Å². The van der Waals surface area contributed by atoms with Crippen LogP contribution in [0.15, 0.2) is 271 Å². The summed E-state index contributed by atoms with van der Waals surface area (Å²) in [6, 6.07) is 96.1.